The second-order valence-corrected chi connectivity index (χ2v) is 4.27. The number of aliphatic hydroxyl groups is 1. The molecule has 0 amide bonds. The first-order valence-corrected chi connectivity index (χ1v) is 6.52. The van der Waals surface area contributed by atoms with Gasteiger partial charge in [0, 0.05) is 31.2 Å². The van der Waals surface area contributed by atoms with Crippen LogP contribution in [0.2, 0.25) is 0 Å². The molecule has 1 aromatic carbocycles. The van der Waals surface area contributed by atoms with Crippen molar-refractivity contribution < 1.29 is 9.84 Å². The van der Waals surface area contributed by atoms with E-state index in [0.29, 0.717) is 13.2 Å². The summed E-state index contributed by atoms with van der Waals surface area (Å²) in [6.07, 6.45) is 4.07. The predicted octanol–water partition coefficient (Wildman–Crippen LogP) is 1.58. The number of benzene rings is 1. The molecule has 0 aliphatic heterocycles. The summed E-state index contributed by atoms with van der Waals surface area (Å²) in [6, 6.07) is 12.5. The molecule has 2 rings (SSSR count). The van der Waals surface area contributed by atoms with Crippen LogP contribution in [0.1, 0.15) is 5.56 Å². The molecule has 2 N–H and O–H groups in total. The third kappa shape index (κ3) is 4.52. The highest BCUT2D eigenvalue weighted by molar-refractivity contribution is 5.35. The van der Waals surface area contributed by atoms with Gasteiger partial charge in [-0.05, 0) is 29.8 Å². The van der Waals surface area contributed by atoms with E-state index in [1.165, 1.54) is 11.3 Å². The van der Waals surface area contributed by atoms with E-state index in [1.54, 1.807) is 0 Å². The van der Waals surface area contributed by atoms with Crippen LogP contribution < -0.4 is 5.32 Å². The first-order valence-electron chi connectivity index (χ1n) is 6.52. The molecular formula is C15H20N2O2. The van der Waals surface area contributed by atoms with Gasteiger partial charge < -0.3 is 19.7 Å². The van der Waals surface area contributed by atoms with E-state index in [0.717, 1.165) is 13.1 Å². The Kier molecular flexibility index (Phi) is 5.62. The Morgan fingerprint density at radius 1 is 1.05 bits per heavy atom. The SMILES string of the molecule is OCCOCCNCc1ccc(-n2cccc2)cc1. The maximum absolute atomic E-state index is 8.56. The Morgan fingerprint density at radius 2 is 1.79 bits per heavy atom. The van der Waals surface area contributed by atoms with E-state index in [9.17, 15) is 0 Å². The molecule has 0 bridgehead atoms. The first kappa shape index (κ1) is 13.8. The minimum Gasteiger partial charge on any atom is -0.394 e. The van der Waals surface area contributed by atoms with Crippen molar-refractivity contribution in [2.24, 2.45) is 0 Å². The minimum atomic E-state index is 0.0842. The summed E-state index contributed by atoms with van der Waals surface area (Å²) in [6.45, 7) is 2.74. The second-order valence-electron chi connectivity index (χ2n) is 4.27. The lowest BCUT2D eigenvalue weighted by Gasteiger charge is -2.07. The van der Waals surface area contributed by atoms with Gasteiger partial charge in [-0.3, -0.25) is 0 Å². The summed E-state index contributed by atoms with van der Waals surface area (Å²) < 4.78 is 7.26. The van der Waals surface area contributed by atoms with Crippen LogP contribution in [0, 0.1) is 0 Å². The lowest BCUT2D eigenvalue weighted by Crippen LogP contribution is -2.19. The van der Waals surface area contributed by atoms with Crippen molar-refractivity contribution in [1.29, 1.82) is 0 Å². The molecule has 0 aliphatic carbocycles. The number of nitrogens with zero attached hydrogens (tertiary/aromatic N) is 1. The van der Waals surface area contributed by atoms with Gasteiger partial charge in [0.1, 0.15) is 0 Å². The fraction of sp³-hybridized carbons (Fsp3) is 0.333. The smallest absolute Gasteiger partial charge is 0.0698 e. The number of aromatic nitrogens is 1. The van der Waals surface area contributed by atoms with E-state index >= 15 is 0 Å². The lowest BCUT2D eigenvalue weighted by molar-refractivity contribution is 0.0938. The van der Waals surface area contributed by atoms with Crippen molar-refractivity contribution in [1.82, 2.24) is 9.88 Å². The topological polar surface area (TPSA) is 46.4 Å². The maximum Gasteiger partial charge on any atom is 0.0698 e. The molecule has 4 nitrogen and oxygen atoms in total. The normalized spacial score (nSPS) is 10.8. The average Bonchev–Trinajstić information content (AvgIpc) is 2.97. The van der Waals surface area contributed by atoms with Crippen LogP contribution in [0.15, 0.2) is 48.8 Å². The highest BCUT2D eigenvalue weighted by atomic mass is 16.5. The predicted molar refractivity (Wildman–Crippen MR) is 75.4 cm³/mol. The molecule has 0 aliphatic rings. The highest BCUT2D eigenvalue weighted by Gasteiger charge is 1.96. The minimum absolute atomic E-state index is 0.0842. The number of aliphatic hydroxyl groups excluding tert-OH is 1. The van der Waals surface area contributed by atoms with Gasteiger partial charge in [0.15, 0.2) is 0 Å². The molecule has 0 spiro atoms. The van der Waals surface area contributed by atoms with Crippen LogP contribution in [-0.4, -0.2) is 36.0 Å². The number of hydrogen-bond acceptors (Lipinski definition) is 3. The van der Waals surface area contributed by atoms with Gasteiger partial charge in [-0.1, -0.05) is 12.1 Å². The van der Waals surface area contributed by atoms with Gasteiger partial charge in [-0.15, -0.1) is 0 Å². The van der Waals surface area contributed by atoms with Crippen molar-refractivity contribution >= 4 is 0 Å². The van der Waals surface area contributed by atoms with Crippen molar-refractivity contribution in [3.05, 3.63) is 54.4 Å². The third-order valence-electron chi connectivity index (χ3n) is 2.83. The van der Waals surface area contributed by atoms with Gasteiger partial charge in [-0.25, -0.2) is 0 Å². The maximum atomic E-state index is 8.56. The van der Waals surface area contributed by atoms with Gasteiger partial charge in [-0.2, -0.15) is 0 Å². The summed E-state index contributed by atoms with van der Waals surface area (Å²) >= 11 is 0. The largest absolute Gasteiger partial charge is 0.394 e. The Hall–Kier alpha value is -1.62. The Morgan fingerprint density at radius 3 is 2.47 bits per heavy atom. The van der Waals surface area contributed by atoms with Crippen molar-refractivity contribution in [2.75, 3.05) is 26.4 Å². The summed E-state index contributed by atoms with van der Waals surface area (Å²) in [7, 11) is 0. The third-order valence-corrected chi connectivity index (χ3v) is 2.83. The summed E-state index contributed by atoms with van der Waals surface area (Å²) in [5, 5.41) is 11.9. The molecule has 0 fully saturated rings. The lowest BCUT2D eigenvalue weighted by atomic mass is 10.2. The van der Waals surface area contributed by atoms with Crippen LogP contribution in [-0.2, 0) is 11.3 Å². The average molecular weight is 260 g/mol. The molecule has 0 saturated heterocycles. The fourth-order valence-corrected chi connectivity index (χ4v) is 1.84. The van der Waals surface area contributed by atoms with Crippen molar-refractivity contribution in [2.45, 2.75) is 6.54 Å². The monoisotopic (exact) mass is 260 g/mol. The van der Waals surface area contributed by atoms with Crippen molar-refractivity contribution in [3.8, 4) is 5.69 Å². The van der Waals surface area contributed by atoms with Crippen LogP contribution >= 0.6 is 0 Å². The fourth-order valence-electron chi connectivity index (χ4n) is 1.84. The highest BCUT2D eigenvalue weighted by Crippen LogP contribution is 2.09. The quantitative estimate of drug-likeness (QED) is 0.708. The molecule has 1 heterocycles. The van der Waals surface area contributed by atoms with Crippen LogP contribution in [0.25, 0.3) is 5.69 Å². The van der Waals surface area contributed by atoms with E-state index in [-0.39, 0.29) is 6.61 Å². The standard InChI is InChI=1S/C15H20N2O2/c18-10-12-19-11-7-16-13-14-3-5-15(6-4-14)17-8-1-2-9-17/h1-6,8-9,16,18H,7,10-13H2. The summed E-state index contributed by atoms with van der Waals surface area (Å²) in [5.74, 6) is 0. The van der Waals surface area contributed by atoms with Crippen LogP contribution in [0.3, 0.4) is 0 Å². The Labute approximate surface area is 113 Å². The van der Waals surface area contributed by atoms with Crippen molar-refractivity contribution in [3.63, 3.8) is 0 Å². The Bertz CT molecular complexity index is 452. The van der Waals surface area contributed by atoms with Crippen LogP contribution in [0.4, 0.5) is 0 Å². The first-order chi connectivity index (χ1) is 9.40. The molecule has 0 radical (unpaired) electrons. The van der Waals surface area contributed by atoms with E-state index in [1.807, 2.05) is 24.5 Å². The number of rotatable bonds is 8. The molecule has 0 saturated carbocycles. The molecule has 102 valence electrons. The van der Waals surface area contributed by atoms with Gasteiger partial charge >= 0.3 is 0 Å². The molecule has 0 atom stereocenters. The number of nitrogens with one attached hydrogen (secondary N) is 1. The van der Waals surface area contributed by atoms with E-state index in [4.69, 9.17) is 9.84 Å². The van der Waals surface area contributed by atoms with Gasteiger partial charge in [0.05, 0.1) is 19.8 Å². The van der Waals surface area contributed by atoms with Crippen LogP contribution in [0.5, 0.6) is 0 Å². The molecular weight excluding hydrogens is 240 g/mol. The van der Waals surface area contributed by atoms with E-state index < -0.39 is 0 Å². The molecule has 19 heavy (non-hydrogen) atoms. The Balaban J connectivity index is 1.73. The van der Waals surface area contributed by atoms with Gasteiger partial charge in [0.25, 0.3) is 0 Å². The molecule has 0 unspecified atom stereocenters. The molecule has 4 heteroatoms. The second kappa shape index (κ2) is 7.74. The number of ether oxygens (including phenoxy) is 1. The summed E-state index contributed by atoms with van der Waals surface area (Å²) in [4.78, 5) is 0. The zero-order chi connectivity index (χ0) is 13.3. The summed E-state index contributed by atoms with van der Waals surface area (Å²) in [5.41, 5.74) is 2.41. The van der Waals surface area contributed by atoms with Gasteiger partial charge in [0.2, 0.25) is 0 Å². The van der Waals surface area contributed by atoms with E-state index in [2.05, 4.69) is 34.1 Å². The number of hydrogen-bond donors (Lipinski definition) is 2. The zero-order valence-corrected chi connectivity index (χ0v) is 11.0. The molecule has 2 aromatic rings. The molecule has 1 aromatic heterocycles. The zero-order valence-electron chi connectivity index (χ0n) is 11.0.